The molecule has 1 fully saturated rings. The van der Waals surface area contributed by atoms with Crippen molar-refractivity contribution in [2.24, 2.45) is 0 Å². The lowest BCUT2D eigenvalue weighted by molar-refractivity contribution is 0.175. The molecule has 2 N–H and O–H groups in total. The van der Waals surface area contributed by atoms with Gasteiger partial charge in [-0.25, -0.2) is 14.8 Å². The molecule has 1 aliphatic heterocycles. The lowest BCUT2D eigenvalue weighted by Crippen LogP contribution is -2.51. The third kappa shape index (κ3) is 4.86. The number of aromatic nitrogens is 2. The first-order valence-electron chi connectivity index (χ1n) is 7.89. The van der Waals surface area contributed by atoms with E-state index in [0.29, 0.717) is 12.0 Å². The van der Waals surface area contributed by atoms with Gasteiger partial charge in [0.05, 0.1) is 0 Å². The lowest BCUT2D eigenvalue weighted by atomic mass is 10.1. The highest BCUT2D eigenvalue weighted by molar-refractivity contribution is 5.75. The van der Waals surface area contributed by atoms with Crippen molar-refractivity contribution in [3.05, 3.63) is 17.5 Å². The molecule has 0 aromatic carbocycles. The van der Waals surface area contributed by atoms with Crippen LogP contribution in [0.2, 0.25) is 0 Å². The summed E-state index contributed by atoms with van der Waals surface area (Å²) in [6.45, 7) is 11.4. The summed E-state index contributed by atoms with van der Waals surface area (Å²) in [5.41, 5.74) is 1.74. The summed E-state index contributed by atoms with van der Waals surface area (Å²) in [6.07, 6.45) is 1.82. The maximum absolute atomic E-state index is 12.1. The molecule has 6 nitrogen and oxygen atoms in total. The smallest absolute Gasteiger partial charge is 0.317 e. The van der Waals surface area contributed by atoms with Gasteiger partial charge < -0.3 is 15.5 Å². The number of hydrogen-bond donors (Lipinski definition) is 2. The van der Waals surface area contributed by atoms with Crippen LogP contribution >= 0.6 is 0 Å². The number of likely N-dealkylation sites (tertiary alicyclic amines) is 1. The molecule has 6 heteroatoms. The topological polar surface area (TPSA) is 70.2 Å². The molecule has 1 aromatic rings. The Morgan fingerprint density at radius 1 is 1.18 bits per heavy atom. The Balaban J connectivity index is 1.86. The maximum atomic E-state index is 12.1. The minimum atomic E-state index is -0.195. The van der Waals surface area contributed by atoms with Crippen molar-refractivity contribution in [2.45, 2.75) is 59.0 Å². The Morgan fingerprint density at radius 3 is 2.23 bits per heavy atom. The number of carbonyl (C=O) groups excluding carboxylic acids is 1. The molecular weight excluding hydrogens is 278 g/mol. The number of urea groups is 1. The van der Waals surface area contributed by atoms with Crippen molar-refractivity contribution in [1.29, 1.82) is 0 Å². The average molecular weight is 305 g/mol. The van der Waals surface area contributed by atoms with E-state index in [2.05, 4.69) is 20.6 Å². The number of nitrogens with one attached hydrogen (secondary N) is 2. The fourth-order valence-electron chi connectivity index (χ4n) is 2.60. The zero-order chi connectivity index (χ0) is 16.3. The van der Waals surface area contributed by atoms with Crippen LogP contribution in [0.5, 0.6) is 0 Å². The highest BCUT2D eigenvalue weighted by Crippen LogP contribution is 2.15. The highest BCUT2D eigenvalue weighted by atomic mass is 16.2. The SMILES string of the molecule is Cc1cc(C)nc(NC2CCN(C(=O)NC(C)(C)C)CC2)n1. The summed E-state index contributed by atoms with van der Waals surface area (Å²) in [5.74, 6) is 0.690. The van der Waals surface area contributed by atoms with Crippen molar-refractivity contribution in [3.63, 3.8) is 0 Å². The summed E-state index contributed by atoms with van der Waals surface area (Å²) >= 11 is 0. The van der Waals surface area contributed by atoms with Crippen molar-refractivity contribution < 1.29 is 4.79 Å². The predicted molar refractivity (Wildman–Crippen MR) is 88.0 cm³/mol. The second-order valence-electron chi connectivity index (χ2n) is 7.06. The van der Waals surface area contributed by atoms with Gasteiger partial charge in [0.15, 0.2) is 0 Å². The van der Waals surface area contributed by atoms with E-state index < -0.39 is 0 Å². The predicted octanol–water partition coefficient (Wildman–Crippen LogP) is 2.48. The number of anilines is 1. The van der Waals surface area contributed by atoms with Crippen LogP contribution in [-0.2, 0) is 0 Å². The van der Waals surface area contributed by atoms with E-state index >= 15 is 0 Å². The minimum Gasteiger partial charge on any atom is -0.351 e. The van der Waals surface area contributed by atoms with Gasteiger partial charge in [-0.1, -0.05) is 0 Å². The monoisotopic (exact) mass is 305 g/mol. The van der Waals surface area contributed by atoms with Gasteiger partial charge in [-0.15, -0.1) is 0 Å². The quantitative estimate of drug-likeness (QED) is 0.880. The zero-order valence-electron chi connectivity index (χ0n) is 14.2. The molecule has 122 valence electrons. The van der Waals surface area contributed by atoms with Gasteiger partial charge in [-0.05, 0) is 53.5 Å². The number of rotatable bonds is 2. The van der Waals surface area contributed by atoms with Gasteiger partial charge in [0, 0.05) is 36.1 Å². The first-order valence-corrected chi connectivity index (χ1v) is 7.89. The highest BCUT2D eigenvalue weighted by Gasteiger charge is 2.25. The van der Waals surface area contributed by atoms with E-state index in [-0.39, 0.29) is 11.6 Å². The number of hydrogen-bond acceptors (Lipinski definition) is 4. The molecule has 1 aliphatic rings. The van der Waals surface area contributed by atoms with Crippen LogP contribution in [0.15, 0.2) is 6.07 Å². The second-order valence-corrected chi connectivity index (χ2v) is 7.06. The van der Waals surface area contributed by atoms with Crippen LogP contribution in [-0.4, -0.2) is 45.6 Å². The van der Waals surface area contributed by atoms with Crippen LogP contribution in [0.1, 0.15) is 45.0 Å². The molecule has 0 bridgehead atoms. The molecule has 1 saturated heterocycles. The Hall–Kier alpha value is -1.85. The third-order valence-corrected chi connectivity index (χ3v) is 3.58. The molecule has 0 saturated carbocycles. The molecular formula is C16H27N5O. The van der Waals surface area contributed by atoms with Gasteiger partial charge in [-0.2, -0.15) is 0 Å². The van der Waals surface area contributed by atoms with Gasteiger partial charge in [0.25, 0.3) is 0 Å². The third-order valence-electron chi connectivity index (χ3n) is 3.58. The number of carbonyl (C=O) groups is 1. The fraction of sp³-hybridized carbons (Fsp3) is 0.688. The largest absolute Gasteiger partial charge is 0.351 e. The Labute approximate surface area is 132 Å². The zero-order valence-corrected chi connectivity index (χ0v) is 14.2. The summed E-state index contributed by atoms with van der Waals surface area (Å²) in [5, 5.41) is 6.40. The number of piperidine rings is 1. The van der Waals surface area contributed by atoms with Gasteiger partial charge in [-0.3, -0.25) is 0 Å². The van der Waals surface area contributed by atoms with Crippen molar-refractivity contribution >= 4 is 12.0 Å². The first-order chi connectivity index (χ1) is 10.2. The molecule has 0 spiro atoms. The van der Waals surface area contributed by atoms with E-state index in [1.165, 1.54) is 0 Å². The van der Waals surface area contributed by atoms with E-state index in [0.717, 1.165) is 37.3 Å². The normalized spacial score (nSPS) is 16.5. The molecule has 2 amide bonds. The molecule has 0 radical (unpaired) electrons. The van der Waals surface area contributed by atoms with Gasteiger partial charge in [0.2, 0.25) is 5.95 Å². The van der Waals surface area contributed by atoms with Crippen LogP contribution < -0.4 is 10.6 Å². The van der Waals surface area contributed by atoms with Gasteiger partial charge >= 0.3 is 6.03 Å². The molecule has 1 aromatic heterocycles. The molecule has 2 heterocycles. The average Bonchev–Trinajstić information content (AvgIpc) is 2.36. The lowest BCUT2D eigenvalue weighted by Gasteiger charge is -2.34. The number of nitrogens with zero attached hydrogens (tertiary/aromatic N) is 3. The summed E-state index contributed by atoms with van der Waals surface area (Å²) in [7, 11) is 0. The molecule has 2 rings (SSSR count). The summed E-state index contributed by atoms with van der Waals surface area (Å²) in [4.78, 5) is 22.8. The molecule has 0 unspecified atom stereocenters. The van der Waals surface area contributed by atoms with E-state index in [4.69, 9.17) is 0 Å². The van der Waals surface area contributed by atoms with Crippen LogP contribution in [0.3, 0.4) is 0 Å². The van der Waals surface area contributed by atoms with E-state index in [1.54, 1.807) is 0 Å². The minimum absolute atomic E-state index is 0.0219. The standard InChI is InChI=1S/C16H27N5O/c1-11-10-12(2)18-14(17-11)19-13-6-8-21(9-7-13)15(22)20-16(3,4)5/h10,13H,6-9H2,1-5H3,(H,20,22)(H,17,18,19). The van der Waals surface area contributed by atoms with Crippen molar-refractivity contribution in [1.82, 2.24) is 20.2 Å². The van der Waals surface area contributed by atoms with E-state index in [9.17, 15) is 4.79 Å². The Bertz CT molecular complexity index is 510. The number of aryl methyl sites for hydroxylation is 2. The Kier molecular flexibility index (Phi) is 4.88. The molecule has 22 heavy (non-hydrogen) atoms. The first kappa shape index (κ1) is 16.5. The molecule has 0 aliphatic carbocycles. The van der Waals surface area contributed by atoms with Gasteiger partial charge in [0.1, 0.15) is 0 Å². The summed E-state index contributed by atoms with van der Waals surface area (Å²) < 4.78 is 0. The van der Waals surface area contributed by atoms with Crippen LogP contribution in [0.25, 0.3) is 0 Å². The maximum Gasteiger partial charge on any atom is 0.317 e. The van der Waals surface area contributed by atoms with Crippen molar-refractivity contribution in [3.8, 4) is 0 Å². The fourth-order valence-corrected chi connectivity index (χ4v) is 2.60. The van der Waals surface area contributed by atoms with Crippen LogP contribution in [0, 0.1) is 13.8 Å². The summed E-state index contributed by atoms with van der Waals surface area (Å²) in [6, 6.07) is 2.30. The number of amides is 2. The second kappa shape index (κ2) is 6.50. The Morgan fingerprint density at radius 2 is 1.73 bits per heavy atom. The van der Waals surface area contributed by atoms with E-state index in [1.807, 2.05) is 45.6 Å². The molecule has 0 atom stereocenters. The van der Waals surface area contributed by atoms with Crippen molar-refractivity contribution in [2.75, 3.05) is 18.4 Å². The van der Waals surface area contributed by atoms with Crippen LogP contribution in [0.4, 0.5) is 10.7 Å².